The van der Waals surface area contributed by atoms with Gasteiger partial charge in [-0.25, -0.2) is 0 Å². The second kappa shape index (κ2) is 7.01. The number of aryl methyl sites for hydroxylation is 1. The molecular formula is C19H30N2O. The van der Waals surface area contributed by atoms with Crippen molar-refractivity contribution in [1.82, 2.24) is 5.32 Å². The molecule has 3 nitrogen and oxygen atoms in total. The highest BCUT2D eigenvalue weighted by Gasteiger charge is 2.34. The van der Waals surface area contributed by atoms with Gasteiger partial charge in [0.15, 0.2) is 0 Å². The monoisotopic (exact) mass is 302 g/mol. The summed E-state index contributed by atoms with van der Waals surface area (Å²) in [4.78, 5) is 2.51. The maximum atomic E-state index is 9.51. The normalized spacial score (nSPS) is 27.5. The first-order chi connectivity index (χ1) is 10.7. The first-order valence-electron chi connectivity index (χ1n) is 8.91. The molecule has 0 radical (unpaired) electrons. The lowest BCUT2D eigenvalue weighted by Gasteiger charge is -2.41. The fourth-order valence-electron chi connectivity index (χ4n) is 3.91. The molecule has 1 atom stereocenters. The van der Waals surface area contributed by atoms with Crippen molar-refractivity contribution >= 4 is 5.69 Å². The van der Waals surface area contributed by atoms with E-state index in [-0.39, 0.29) is 6.10 Å². The molecule has 22 heavy (non-hydrogen) atoms. The van der Waals surface area contributed by atoms with Crippen molar-refractivity contribution in [3.05, 3.63) is 29.8 Å². The van der Waals surface area contributed by atoms with Crippen LogP contribution >= 0.6 is 0 Å². The minimum absolute atomic E-state index is 0.0377. The van der Waals surface area contributed by atoms with Gasteiger partial charge in [-0.15, -0.1) is 0 Å². The molecule has 0 bridgehead atoms. The Morgan fingerprint density at radius 3 is 2.36 bits per heavy atom. The van der Waals surface area contributed by atoms with Crippen LogP contribution in [0.1, 0.15) is 44.6 Å². The zero-order valence-corrected chi connectivity index (χ0v) is 14.0. The van der Waals surface area contributed by atoms with Gasteiger partial charge in [0.2, 0.25) is 0 Å². The van der Waals surface area contributed by atoms with Gasteiger partial charge in [0.25, 0.3) is 0 Å². The van der Waals surface area contributed by atoms with Crippen LogP contribution in [0.25, 0.3) is 0 Å². The summed E-state index contributed by atoms with van der Waals surface area (Å²) in [6.45, 7) is 6.70. The fourth-order valence-corrected chi connectivity index (χ4v) is 3.91. The molecular weight excluding hydrogens is 272 g/mol. The minimum atomic E-state index is -0.0377. The van der Waals surface area contributed by atoms with Crippen molar-refractivity contribution < 1.29 is 5.11 Å². The first kappa shape index (κ1) is 15.8. The van der Waals surface area contributed by atoms with Gasteiger partial charge in [0, 0.05) is 30.9 Å². The maximum Gasteiger partial charge on any atom is 0.0546 e. The van der Waals surface area contributed by atoms with Gasteiger partial charge in [0.05, 0.1) is 6.10 Å². The van der Waals surface area contributed by atoms with E-state index in [1.54, 1.807) is 0 Å². The van der Waals surface area contributed by atoms with Gasteiger partial charge >= 0.3 is 0 Å². The Labute approximate surface area is 134 Å². The molecule has 1 unspecified atom stereocenters. The second-order valence-electron chi connectivity index (χ2n) is 7.16. The Morgan fingerprint density at radius 1 is 1.18 bits per heavy atom. The van der Waals surface area contributed by atoms with E-state index in [2.05, 4.69) is 48.3 Å². The standard InChI is InChI=1S/C19H30N2O/c1-3-19(15-12-18(22)13-15)20-16-8-10-21(11-9-16)17-6-4-14(2)5-7-17/h4-7,15-16,18-20,22H,3,8-13H2,1-2H3. The number of aliphatic hydroxyl groups excluding tert-OH is 1. The highest BCUT2D eigenvalue weighted by atomic mass is 16.3. The molecule has 122 valence electrons. The van der Waals surface area contributed by atoms with Crippen LogP contribution in [0.4, 0.5) is 5.69 Å². The Bertz CT molecular complexity index is 459. The third kappa shape index (κ3) is 3.64. The summed E-state index contributed by atoms with van der Waals surface area (Å²) in [5.74, 6) is 0.690. The van der Waals surface area contributed by atoms with Crippen LogP contribution < -0.4 is 10.2 Å². The highest BCUT2D eigenvalue weighted by Crippen LogP contribution is 2.32. The average molecular weight is 302 g/mol. The van der Waals surface area contributed by atoms with Gasteiger partial charge in [-0.05, 0) is 57.1 Å². The van der Waals surface area contributed by atoms with E-state index in [4.69, 9.17) is 0 Å². The molecule has 0 aromatic heterocycles. The molecule has 1 aliphatic carbocycles. The fraction of sp³-hybridized carbons (Fsp3) is 0.684. The molecule has 0 amide bonds. The Balaban J connectivity index is 1.48. The van der Waals surface area contributed by atoms with E-state index >= 15 is 0 Å². The summed E-state index contributed by atoms with van der Waals surface area (Å²) >= 11 is 0. The van der Waals surface area contributed by atoms with Crippen LogP contribution in [-0.4, -0.2) is 36.4 Å². The van der Waals surface area contributed by atoms with E-state index in [1.807, 2.05) is 0 Å². The number of anilines is 1. The smallest absolute Gasteiger partial charge is 0.0546 e. The van der Waals surface area contributed by atoms with Crippen LogP contribution in [0.2, 0.25) is 0 Å². The van der Waals surface area contributed by atoms with Gasteiger partial charge in [-0.3, -0.25) is 0 Å². The molecule has 0 spiro atoms. The predicted molar refractivity (Wildman–Crippen MR) is 92.4 cm³/mol. The van der Waals surface area contributed by atoms with Crippen molar-refractivity contribution in [3.63, 3.8) is 0 Å². The van der Waals surface area contributed by atoms with Crippen LogP contribution in [0.5, 0.6) is 0 Å². The lowest BCUT2D eigenvalue weighted by atomic mass is 9.76. The summed E-state index contributed by atoms with van der Waals surface area (Å²) in [5.41, 5.74) is 2.69. The number of nitrogens with zero attached hydrogens (tertiary/aromatic N) is 1. The Hall–Kier alpha value is -1.06. The summed E-state index contributed by atoms with van der Waals surface area (Å²) in [7, 11) is 0. The second-order valence-corrected chi connectivity index (χ2v) is 7.16. The van der Waals surface area contributed by atoms with Crippen LogP contribution in [0.3, 0.4) is 0 Å². The molecule has 1 saturated heterocycles. The van der Waals surface area contributed by atoms with Crippen molar-refractivity contribution in [3.8, 4) is 0 Å². The number of piperidine rings is 1. The molecule has 2 aliphatic rings. The van der Waals surface area contributed by atoms with Crippen molar-refractivity contribution in [2.45, 2.75) is 64.1 Å². The van der Waals surface area contributed by atoms with Gasteiger partial charge < -0.3 is 15.3 Å². The van der Waals surface area contributed by atoms with E-state index in [1.165, 1.54) is 30.5 Å². The minimum Gasteiger partial charge on any atom is -0.393 e. The maximum absolute atomic E-state index is 9.51. The zero-order chi connectivity index (χ0) is 15.5. The largest absolute Gasteiger partial charge is 0.393 e. The van der Waals surface area contributed by atoms with E-state index in [0.29, 0.717) is 18.0 Å². The third-order valence-electron chi connectivity index (χ3n) is 5.50. The first-order valence-corrected chi connectivity index (χ1v) is 8.91. The van der Waals surface area contributed by atoms with Crippen LogP contribution in [-0.2, 0) is 0 Å². The molecule has 3 rings (SSSR count). The number of hydrogen-bond acceptors (Lipinski definition) is 3. The molecule has 1 aromatic rings. The van der Waals surface area contributed by atoms with Crippen molar-refractivity contribution in [2.24, 2.45) is 5.92 Å². The predicted octanol–water partition coefficient (Wildman–Crippen LogP) is 3.10. The molecule has 1 heterocycles. The summed E-state index contributed by atoms with van der Waals surface area (Å²) in [5, 5.41) is 13.4. The lowest BCUT2D eigenvalue weighted by Crippen LogP contribution is -2.51. The highest BCUT2D eigenvalue weighted by molar-refractivity contribution is 5.47. The topological polar surface area (TPSA) is 35.5 Å². The van der Waals surface area contributed by atoms with Gasteiger partial charge in [0.1, 0.15) is 0 Å². The van der Waals surface area contributed by atoms with E-state index in [9.17, 15) is 5.11 Å². The Morgan fingerprint density at radius 2 is 1.82 bits per heavy atom. The Kier molecular flexibility index (Phi) is 5.04. The van der Waals surface area contributed by atoms with Gasteiger partial charge in [-0.2, -0.15) is 0 Å². The van der Waals surface area contributed by atoms with Crippen molar-refractivity contribution in [2.75, 3.05) is 18.0 Å². The van der Waals surface area contributed by atoms with E-state index < -0.39 is 0 Å². The number of benzene rings is 1. The quantitative estimate of drug-likeness (QED) is 0.877. The number of aliphatic hydroxyl groups is 1. The lowest BCUT2D eigenvalue weighted by molar-refractivity contribution is 0.0209. The number of hydrogen-bond donors (Lipinski definition) is 2. The zero-order valence-electron chi connectivity index (χ0n) is 14.0. The van der Waals surface area contributed by atoms with Crippen LogP contribution in [0.15, 0.2) is 24.3 Å². The molecule has 3 heteroatoms. The number of nitrogens with one attached hydrogen (secondary N) is 1. The molecule has 2 fully saturated rings. The van der Waals surface area contributed by atoms with Gasteiger partial charge in [-0.1, -0.05) is 24.6 Å². The van der Waals surface area contributed by atoms with E-state index in [0.717, 1.165) is 25.9 Å². The summed E-state index contributed by atoms with van der Waals surface area (Å²) in [6.07, 6.45) is 5.57. The average Bonchev–Trinajstić information content (AvgIpc) is 2.51. The van der Waals surface area contributed by atoms with Crippen LogP contribution in [0, 0.1) is 12.8 Å². The summed E-state index contributed by atoms with van der Waals surface area (Å²) < 4.78 is 0. The molecule has 1 saturated carbocycles. The van der Waals surface area contributed by atoms with Crippen molar-refractivity contribution in [1.29, 1.82) is 0 Å². The third-order valence-corrected chi connectivity index (χ3v) is 5.50. The SMILES string of the molecule is CCC(NC1CCN(c2ccc(C)cc2)CC1)C1CC(O)C1. The molecule has 2 N–H and O–H groups in total. The number of rotatable bonds is 5. The molecule has 1 aromatic carbocycles. The summed E-state index contributed by atoms with van der Waals surface area (Å²) in [6, 6.07) is 10.1. The molecule has 1 aliphatic heterocycles.